The lowest BCUT2D eigenvalue weighted by molar-refractivity contribution is 0.0456. The Bertz CT molecular complexity index is 462. The molecule has 0 bridgehead atoms. The zero-order valence-corrected chi connectivity index (χ0v) is 10.4. The molecule has 0 aliphatic carbocycles. The fourth-order valence-corrected chi connectivity index (χ4v) is 2.35. The Labute approximate surface area is 105 Å². The maximum atomic E-state index is 12.3. The van der Waals surface area contributed by atoms with Gasteiger partial charge in [0.1, 0.15) is 6.10 Å². The van der Waals surface area contributed by atoms with Gasteiger partial charge in [0.25, 0.3) is 0 Å². The molecule has 1 aromatic carbocycles. The Hall–Kier alpha value is -1.45. The number of ketones is 1. The molecule has 2 aromatic rings. The predicted octanol–water partition coefficient (Wildman–Crippen LogP) is 3.71. The van der Waals surface area contributed by atoms with Crippen molar-refractivity contribution in [3.63, 3.8) is 0 Å². The van der Waals surface area contributed by atoms with E-state index in [2.05, 4.69) is 0 Å². The fraction of sp³-hybridized carbons (Fsp3) is 0.214. The molecule has 0 fully saturated rings. The molecular weight excluding hydrogens is 232 g/mol. The summed E-state index contributed by atoms with van der Waals surface area (Å²) in [6, 6.07) is 13.3. The van der Waals surface area contributed by atoms with Gasteiger partial charge in [-0.05, 0) is 23.9 Å². The first-order chi connectivity index (χ1) is 8.33. The number of ether oxygens (including phenoxy) is 1. The van der Waals surface area contributed by atoms with E-state index in [-0.39, 0.29) is 5.78 Å². The first-order valence-electron chi connectivity index (χ1n) is 5.57. The van der Waals surface area contributed by atoms with Crippen LogP contribution in [0.15, 0.2) is 47.8 Å². The maximum Gasteiger partial charge on any atom is 0.205 e. The first kappa shape index (κ1) is 12.0. The van der Waals surface area contributed by atoms with E-state index in [0.717, 1.165) is 10.4 Å². The van der Waals surface area contributed by atoms with Gasteiger partial charge in [0.2, 0.25) is 5.78 Å². The maximum absolute atomic E-state index is 12.3. The SMILES string of the molecule is CCOC(C(=O)c1cccs1)c1ccccc1. The van der Waals surface area contributed by atoms with Crippen molar-refractivity contribution < 1.29 is 9.53 Å². The average molecular weight is 246 g/mol. The molecule has 1 atom stereocenters. The highest BCUT2D eigenvalue weighted by Crippen LogP contribution is 2.24. The molecule has 3 heteroatoms. The van der Waals surface area contributed by atoms with Crippen LogP contribution in [0, 0.1) is 0 Å². The van der Waals surface area contributed by atoms with Crippen molar-refractivity contribution in [3.8, 4) is 0 Å². The molecule has 1 heterocycles. The van der Waals surface area contributed by atoms with E-state index in [9.17, 15) is 4.79 Å². The summed E-state index contributed by atoms with van der Waals surface area (Å²) in [5, 5.41) is 1.90. The van der Waals surface area contributed by atoms with Crippen LogP contribution in [-0.2, 0) is 4.74 Å². The minimum Gasteiger partial charge on any atom is -0.366 e. The number of rotatable bonds is 5. The lowest BCUT2D eigenvalue weighted by atomic mass is 10.0. The lowest BCUT2D eigenvalue weighted by Gasteiger charge is -2.15. The van der Waals surface area contributed by atoms with E-state index in [0.29, 0.717) is 6.61 Å². The van der Waals surface area contributed by atoms with Gasteiger partial charge in [0.05, 0.1) is 4.88 Å². The molecule has 0 amide bonds. The van der Waals surface area contributed by atoms with Crippen molar-refractivity contribution in [2.75, 3.05) is 6.61 Å². The Morgan fingerprint density at radius 3 is 2.59 bits per heavy atom. The van der Waals surface area contributed by atoms with E-state index in [1.54, 1.807) is 0 Å². The molecule has 0 saturated heterocycles. The van der Waals surface area contributed by atoms with Crippen LogP contribution >= 0.6 is 11.3 Å². The summed E-state index contributed by atoms with van der Waals surface area (Å²) in [5.41, 5.74) is 0.910. The molecule has 17 heavy (non-hydrogen) atoms. The van der Waals surface area contributed by atoms with Crippen LogP contribution in [0.3, 0.4) is 0 Å². The minimum atomic E-state index is -0.486. The fourth-order valence-electron chi connectivity index (χ4n) is 1.67. The summed E-state index contributed by atoms with van der Waals surface area (Å²) in [7, 11) is 0. The van der Waals surface area contributed by atoms with Gasteiger partial charge in [-0.2, -0.15) is 0 Å². The van der Waals surface area contributed by atoms with Crippen LogP contribution in [0.1, 0.15) is 28.3 Å². The number of hydrogen-bond acceptors (Lipinski definition) is 3. The van der Waals surface area contributed by atoms with E-state index < -0.39 is 6.10 Å². The van der Waals surface area contributed by atoms with Crippen LogP contribution in [0.25, 0.3) is 0 Å². The third-order valence-corrected chi connectivity index (χ3v) is 3.32. The Morgan fingerprint density at radius 1 is 1.24 bits per heavy atom. The molecule has 1 unspecified atom stereocenters. The summed E-state index contributed by atoms with van der Waals surface area (Å²) in [6.45, 7) is 2.42. The number of carbonyl (C=O) groups is 1. The third-order valence-electron chi connectivity index (χ3n) is 2.44. The predicted molar refractivity (Wildman–Crippen MR) is 69.5 cm³/mol. The molecule has 0 N–H and O–H groups in total. The van der Waals surface area contributed by atoms with Gasteiger partial charge < -0.3 is 4.74 Å². The van der Waals surface area contributed by atoms with Crippen LogP contribution in [0.4, 0.5) is 0 Å². The van der Waals surface area contributed by atoms with Gasteiger partial charge in [-0.1, -0.05) is 36.4 Å². The molecule has 0 spiro atoms. The number of carbonyl (C=O) groups excluding carboxylic acids is 1. The molecule has 0 saturated carbocycles. The largest absolute Gasteiger partial charge is 0.366 e. The van der Waals surface area contributed by atoms with E-state index >= 15 is 0 Å². The highest BCUT2D eigenvalue weighted by atomic mass is 32.1. The molecule has 88 valence electrons. The summed E-state index contributed by atoms with van der Waals surface area (Å²) in [6.07, 6.45) is -0.486. The van der Waals surface area contributed by atoms with Gasteiger partial charge in [-0.15, -0.1) is 11.3 Å². The normalized spacial score (nSPS) is 12.3. The van der Waals surface area contributed by atoms with E-state index in [1.807, 2.05) is 54.8 Å². The van der Waals surface area contributed by atoms with Crippen molar-refractivity contribution in [2.45, 2.75) is 13.0 Å². The van der Waals surface area contributed by atoms with Crippen molar-refractivity contribution in [2.24, 2.45) is 0 Å². The molecular formula is C14H14O2S. The molecule has 0 aliphatic rings. The second kappa shape index (κ2) is 5.75. The number of thiophene rings is 1. The Morgan fingerprint density at radius 2 is 2.00 bits per heavy atom. The summed E-state index contributed by atoms with van der Waals surface area (Å²) in [5.74, 6) is 0.0352. The third kappa shape index (κ3) is 2.81. The highest BCUT2D eigenvalue weighted by Gasteiger charge is 2.22. The molecule has 0 radical (unpaired) electrons. The molecule has 1 aromatic heterocycles. The van der Waals surface area contributed by atoms with Gasteiger partial charge in [0.15, 0.2) is 0 Å². The number of benzene rings is 1. The smallest absolute Gasteiger partial charge is 0.205 e. The molecule has 0 aliphatic heterocycles. The lowest BCUT2D eigenvalue weighted by Crippen LogP contribution is -2.15. The van der Waals surface area contributed by atoms with Crippen LogP contribution in [-0.4, -0.2) is 12.4 Å². The molecule has 2 rings (SSSR count). The summed E-state index contributed by atoms with van der Waals surface area (Å²) < 4.78 is 5.57. The van der Waals surface area contributed by atoms with E-state index in [4.69, 9.17) is 4.74 Å². The number of hydrogen-bond donors (Lipinski definition) is 0. The van der Waals surface area contributed by atoms with Crippen molar-refractivity contribution in [3.05, 3.63) is 58.3 Å². The summed E-state index contributed by atoms with van der Waals surface area (Å²) in [4.78, 5) is 13.0. The van der Waals surface area contributed by atoms with Gasteiger partial charge >= 0.3 is 0 Å². The van der Waals surface area contributed by atoms with Gasteiger partial charge in [-0.3, -0.25) is 4.79 Å². The van der Waals surface area contributed by atoms with Crippen molar-refractivity contribution in [1.82, 2.24) is 0 Å². The zero-order valence-electron chi connectivity index (χ0n) is 9.63. The van der Waals surface area contributed by atoms with Crippen LogP contribution in [0.5, 0.6) is 0 Å². The number of Topliss-reactive ketones (excluding diaryl/α,β-unsaturated/α-hetero) is 1. The van der Waals surface area contributed by atoms with E-state index in [1.165, 1.54) is 11.3 Å². The van der Waals surface area contributed by atoms with Crippen molar-refractivity contribution >= 4 is 17.1 Å². The summed E-state index contributed by atoms with van der Waals surface area (Å²) >= 11 is 1.45. The van der Waals surface area contributed by atoms with Crippen LogP contribution in [0.2, 0.25) is 0 Å². The Kier molecular flexibility index (Phi) is 4.07. The molecule has 2 nitrogen and oxygen atoms in total. The highest BCUT2D eigenvalue weighted by molar-refractivity contribution is 7.12. The first-order valence-corrected chi connectivity index (χ1v) is 6.45. The monoisotopic (exact) mass is 246 g/mol. The quantitative estimate of drug-likeness (QED) is 0.752. The van der Waals surface area contributed by atoms with Crippen LogP contribution < -0.4 is 0 Å². The van der Waals surface area contributed by atoms with Gasteiger partial charge in [0, 0.05) is 6.61 Å². The second-order valence-corrected chi connectivity index (χ2v) is 4.54. The second-order valence-electron chi connectivity index (χ2n) is 3.59. The average Bonchev–Trinajstić information content (AvgIpc) is 2.90. The standard InChI is InChI=1S/C14H14O2S/c1-2-16-14(11-7-4-3-5-8-11)13(15)12-9-6-10-17-12/h3-10,14H,2H2,1H3. The van der Waals surface area contributed by atoms with Gasteiger partial charge in [-0.25, -0.2) is 0 Å². The minimum absolute atomic E-state index is 0.0352. The zero-order chi connectivity index (χ0) is 12.1. The van der Waals surface area contributed by atoms with Crippen molar-refractivity contribution in [1.29, 1.82) is 0 Å². The Balaban J connectivity index is 2.27. The topological polar surface area (TPSA) is 26.3 Å².